The molecule has 6 nitrogen and oxygen atoms in total. The van der Waals surface area contributed by atoms with E-state index >= 15 is 0 Å². The molecule has 8 heteroatoms. The van der Waals surface area contributed by atoms with Gasteiger partial charge < -0.3 is 10.1 Å². The molecule has 0 atom stereocenters. The van der Waals surface area contributed by atoms with E-state index in [9.17, 15) is 17.6 Å². The lowest BCUT2D eigenvalue weighted by molar-refractivity contribution is -0.114. The fraction of sp³-hybridized carbons (Fsp3) is 0.0741. The van der Waals surface area contributed by atoms with Gasteiger partial charge in [0.2, 0.25) is 5.91 Å². The van der Waals surface area contributed by atoms with Gasteiger partial charge in [-0.2, -0.15) is 0 Å². The molecule has 0 heterocycles. The van der Waals surface area contributed by atoms with Crippen LogP contribution in [0.25, 0.3) is 0 Å². The van der Waals surface area contributed by atoms with Gasteiger partial charge in [0.05, 0.1) is 16.3 Å². The molecule has 0 saturated carbocycles. The molecule has 4 aromatic rings. The van der Waals surface area contributed by atoms with Gasteiger partial charge in [-0.05, 0) is 67.6 Å². The Kier molecular flexibility index (Phi) is 7.12. The molecule has 0 aliphatic carbocycles. The van der Waals surface area contributed by atoms with Gasteiger partial charge in [-0.3, -0.25) is 9.10 Å². The molecule has 35 heavy (non-hydrogen) atoms. The van der Waals surface area contributed by atoms with E-state index in [4.69, 9.17) is 4.74 Å². The number of carbonyl (C=O) groups excluding carboxylic acids is 1. The summed E-state index contributed by atoms with van der Waals surface area (Å²) in [6, 6.07) is 27.2. The third-order valence-corrected chi connectivity index (χ3v) is 6.93. The van der Waals surface area contributed by atoms with Gasteiger partial charge in [0.25, 0.3) is 10.0 Å². The smallest absolute Gasteiger partial charge is 0.264 e. The number of anilines is 2. The van der Waals surface area contributed by atoms with E-state index in [0.717, 1.165) is 22.0 Å². The number of para-hydroxylation sites is 3. The first kappa shape index (κ1) is 24.0. The molecule has 0 bridgehead atoms. The summed E-state index contributed by atoms with van der Waals surface area (Å²) < 4.78 is 47.1. The molecule has 0 saturated heterocycles. The maximum atomic E-state index is 13.4. The van der Waals surface area contributed by atoms with Crippen LogP contribution in [0.3, 0.4) is 0 Å². The van der Waals surface area contributed by atoms with Gasteiger partial charge in [-0.15, -0.1) is 0 Å². The number of amides is 1. The first-order valence-corrected chi connectivity index (χ1v) is 12.2. The van der Waals surface area contributed by atoms with Crippen LogP contribution < -0.4 is 14.4 Å². The molecular weight excluding hydrogens is 467 g/mol. The van der Waals surface area contributed by atoms with Crippen molar-refractivity contribution in [1.29, 1.82) is 0 Å². The van der Waals surface area contributed by atoms with Gasteiger partial charge in [0.1, 0.15) is 18.1 Å². The van der Waals surface area contributed by atoms with Crippen LogP contribution in [0, 0.1) is 12.7 Å². The van der Waals surface area contributed by atoms with E-state index in [2.05, 4.69) is 5.32 Å². The second-order valence-corrected chi connectivity index (χ2v) is 9.62. The summed E-state index contributed by atoms with van der Waals surface area (Å²) in [4.78, 5) is 12.9. The number of hydrogen-bond acceptors (Lipinski definition) is 4. The minimum Gasteiger partial charge on any atom is -0.455 e. The molecule has 0 aliphatic heterocycles. The Morgan fingerprint density at radius 3 is 2.17 bits per heavy atom. The zero-order valence-electron chi connectivity index (χ0n) is 18.9. The van der Waals surface area contributed by atoms with Gasteiger partial charge in [0.15, 0.2) is 5.75 Å². The van der Waals surface area contributed by atoms with Crippen LogP contribution >= 0.6 is 0 Å². The van der Waals surface area contributed by atoms with E-state index in [0.29, 0.717) is 22.9 Å². The zero-order valence-corrected chi connectivity index (χ0v) is 19.7. The number of carbonyl (C=O) groups is 1. The van der Waals surface area contributed by atoms with Crippen LogP contribution in [0.15, 0.2) is 108 Å². The molecular formula is C27H23FN2O4S. The molecule has 0 radical (unpaired) electrons. The molecule has 4 rings (SSSR count). The van der Waals surface area contributed by atoms with E-state index in [1.807, 2.05) is 25.1 Å². The summed E-state index contributed by atoms with van der Waals surface area (Å²) in [6.45, 7) is 1.38. The van der Waals surface area contributed by atoms with Gasteiger partial charge in [-0.1, -0.05) is 48.0 Å². The Labute approximate surface area is 203 Å². The lowest BCUT2D eigenvalue weighted by Gasteiger charge is -2.24. The average Bonchev–Trinajstić information content (AvgIpc) is 2.85. The normalized spacial score (nSPS) is 11.0. The number of rotatable bonds is 8. The Balaban J connectivity index is 1.61. The van der Waals surface area contributed by atoms with Crippen LogP contribution in [0.5, 0.6) is 11.5 Å². The maximum absolute atomic E-state index is 13.4. The second-order valence-electron chi connectivity index (χ2n) is 7.76. The van der Waals surface area contributed by atoms with Crippen molar-refractivity contribution < 1.29 is 22.3 Å². The predicted octanol–water partition coefficient (Wildman–Crippen LogP) is 5.76. The molecule has 1 amide bonds. The number of benzene rings is 4. The van der Waals surface area contributed by atoms with Gasteiger partial charge in [0, 0.05) is 0 Å². The number of aryl methyl sites for hydroxylation is 1. The van der Waals surface area contributed by atoms with Crippen LogP contribution in [-0.2, 0) is 14.8 Å². The molecule has 178 valence electrons. The molecule has 0 fully saturated rings. The van der Waals surface area contributed by atoms with Crippen LogP contribution in [0.1, 0.15) is 5.56 Å². The third kappa shape index (κ3) is 5.85. The topological polar surface area (TPSA) is 75.7 Å². The fourth-order valence-corrected chi connectivity index (χ4v) is 4.78. The average molecular weight is 491 g/mol. The highest BCUT2D eigenvalue weighted by Crippen LogP contribution is 2.30. The number of ether oxygens (including phenoxy) is 1. The molecule has 0 unspecified atom stereocenters. The van der Waals surface area contributed by atoms with Crippen molar-refractivity contribution in [3.63, 3.8) is 0 Å². The molecule has 0 aromatic heterocycles. The first-order chi connectivity index (χ1) is 16.8. The first-order valence-electron chi connectivity index (χ1n) is 10.8. The molecule has 4 aromatic carbocycles. The minimum atomic E-state index is -4.16. The zero-order chi connectivity index (χ0) is 24.8. The fourth-order valence-electron chi connectivity index (χ4n) is 3.35. The SMILES string of the molecule is Cc1ccc(N(CC(=O)Nc2ccccc2Oc2ccccc2)S(=O)(=O)c2ccc(F)cc2)cc1. The van der Waals surface area contributed by atoms with Crippen LogP contribution in [0.2, 0.25) is 0 Å². The number of nitrogens with one attached hydrogen (secondary N) is 1. The summed E-state index contributed by atoms with van der Waals surface area (Å²) in [7, 11) is -4.16. The van der Waals surface area contributed by atoms with E-state index in [-0.39, 0.29) is 4.90 Å². The number of nitrogens with zero attached hydrogens (tertiary/aromatic N) is 1. The highest BCUT2D eigenvalue weighted by molar-refractivity contribution is 7.92. The number of sulfonamides is 1. The molecule has 1 N–H and O–H groups in total. The Hall–Kier alpha value is -4.17. The van der Waals surface area contributed by atoms with Gasteiger partial charge in [-0.25, -0.2) is 12.8 Å². The number of halogens is 1. The Morgan fingerprint density at radius 1 is 0.857 bits per heavy atom. The largest absolute Gasteiger partial charge is 0.455 e. The van der Waals surface area contributed by atoms with Crippen molar-refractivity contribution in [2.24, 2.45) is 0 Å². The standard InChI is InChI=1S/C27H23FN2O4S/c1-20-11-15-22(16-12-20)30(35(32,33)24-17-13-21(28)14-18-24)19-27(31)29-25-9-5-6-10-26(25)34-23-7-3-2-4-8-23/h2-18H,19H2,1H3,(H,29,31). The maximum Gasteiger partial charge on any atom is 0.264 e. The minimum absolute atomic E-state index is 0.125. The summed E-state index contributed by atoms with van der Waals surface area (Å²) in [5.41, 5.74) is 1.64. The van der Waals surface area contributed by atoms with Gasteiger partial charge >= 0.3 is 0 Å². The van der Waals surface area contributed by atoms with E-state index in [1.165, 1.54) is 12.1 Å². The summed E-state index contributed by atoms with van der Waals surface area (Å²) >= 11 is 0. The Morgan fingerprint density at radius 2 is 1.49 bits per heavy atom. The van der Waals surface area contributed by atoms with Crippen molar-refractivity contribution in [3.8, 4) is 11.5 Å². The summed E-state index contributed by atoms with van der Waals surface area (Å²) in [5, 5.41) is 2.75. The highest BCUT2D eigenvalue weighted by atomic mass is 32.2. The van der Waals surface area contributed by atoms with Crippen molar-refractivity contribution in [2.75, 3.05) is 16.2 Å². The summed E-state index contributed by atoms with van der Waals surface area (Å²) in [6.07, 6.45) is 0. The molecule has 0 spiro atoms. The van der Waals surface area contributed by atoms with Crippen molar-refractivity contribution >= 4 is 27.3 Å². The van der Waals surface area contributed by atoms with E-state index < -0.39 is 28.3 Å². The lowest BCUT2D eigenvalue weighted by Crippen LogP contribution is -2.38. The monoisotopic (exact) mass is 490 g/mol. The second kappa shape index (κ2) is 10.4. The van der Waals surface area contributed by atoms with Crippen molar-refractivity contribution in [2.45, 2.75) is 11.8 Å². The highest BCUT2D eigenvalue weighted by Gasteiger charge is 2.27. The molecule has 0 aliphatic rings. The Bertz CT molecular complexity index is 1410. The third-order valence-electron chi connectivity index (χ3n) is 5.14. The quantitative estimate of drug-likeness (QED) is 0.341. The van der Waals surface area contributed by atoms with Crippen LogP contribution in [-0.4, -0.2) is 20.9 Å². The van der Waals surface area contributed by atoms with Crippen LogP contribution in [0.4, 0.5) is 15.8 Å². The van der Waals surface area contributed by atoms with Crippen molar-refractivity contribution in [3.05, 3.63) is 115 Å². The lowest BCUT2D eigenvalue weighted by atomic mass is 10.2. The van der Waals surface area contributed by atoms with E-state index in [1.54, 1.807) is 60.7 Å². The predicted molar refractivity (Wildman–Crippen MR) is 134 cm³/mol. The van der Waals surface area contributed by atoms with Crippen molar-refractivity contribution in [1.82, 2.24) is 0 Å². The summed E-state index contributed by atoms with van der Waals surface area (Å²) in [5.74, 6) is -0.122. The number of hydrogen-bond donors (Lipinski definition) is 1.